The Morgan fingerprint density at radius 2 is 2.06 bits per heavy atom. The number of ether oxygens (including phenoxy) is 1. The quantitative estimate of drug-likeness (QED) is 0.831. The fraction of sp³-hybridized carbons (Fsp3) is 0.200. The Hall–Kier alpha value is -2.05. The number of benzene rings is 1. The van der Waals surface area contributed by atoms with Gasteiger partial charge in [-0.1, -0.05) is 0 Å². The number of halogens is 3. The lowest BCUT2D eigenvalue weighted by molar-refractivity contribution is -0.167. The summed E-state index contributed by atoms with van der Waals surface area (Å²) < 4.78 is 40.9. The van der Waals surface area contributed by atoms with Crippen LogP contribution in [0.3, 0.4) is 0 Å². The third-order valence-electron chi connectivity index (χ3n) is 1.87. The summed E-state index contributed by atoms with van der Waals surface area (Å²) in [6, 6.07) is 3.74. The minimum Gasteiger partial charge on any atom is -0.495 e. The summed E-state index contributed by atoms with van der Waals surface area (Å²) in [4.78, 5) is 21.2. The summed E-state index contributed by atoms with van der Waals surface area (Å²) in [7, 11) is 1.24. The Balaban J connectivity index is 3.03. The van der Waals surface area contributed by atoms with E-state index in [1.54, 1.807) is 5.32 Å². The number of hydrogen-bond donors (Lipinski definition) is 1. The number of methoxy groups -OCH3 is 1. The smallest absolute Gasteiger partial charge is 0.471 e. The van der Waals surface area contributed by atoms with Crippen LogP contribution in [0.4, 0.5) is 18.9 Å². The SMILES string of the molecule is COc1ccc(C=O)cc1NC(=O)C(F)(F)F. The van der Waals surface area contributed by atoms with Crippen LogP contribution in [0.5, 0.6) is 5.75 Å². The van der Waals surface area contributed by atoms with Crippen molar-refractivity contribution in [3.05, 3.63) is 23.8 Å². The molecule has 1 rings (SSSR count). The average Bonchev–Trinajstić information content (AvgIpc) is 2.27. The lowest BCUT2D eigenvalue weighted by Crippen LogP contribution is -2.30. The van der Waals surface area contributed by atoms with E-state index in [1.165, 1.54) is 19.2 Å². The first-order valence-corrected chi connectivity index (χ1v) is 4.40. The van der Waals surface area contributed by atoms with Gasteiger partial charge < -0.3 is 10.1 Å². The molecule has 1 N–H and O–H groups in total. The van der Waals surface area contributed by atoms with Crippen molar-refractivity contribution in [3.8, 4) is 5.75 Å². The molecule has 0 unspecified atom stereocenters. The molecule has 0 bridgehead atoms. The summed E-state index contributed by atoms with van der Waals surface area (Å²) in [6.45, 7) is 0. The maximum atomic E-state index is 12.0. The lowest BCUT2D eigenvalue weighted by Gasteiger charge is -2.11. The summed E-state index contributed by atoms with van der Waals surface area (Å²) in [5.41, 5.74) is -0.0808. The third-order valence-corrected chi connectivity index (χ3v) is 1.87. The Labute approximate surface area is 94.4 Å². The first kappa shape index (κ1) is 13.0. The van der Waals surface area contributed by atoms with E-state index < -0.39 is 12.1 Å². The van der Waals surface area contributed by atoms with Gasteiger partial charge in [0, 0.05) is 5.56 Å². The highest BCUT2D eigenvalue weighted by molar-refractivity contribution is 5.97. The predicted molar refractivity (Wildman–Crippen MR) is 53.1 cm³/mol. The van der Waals surface area contributed by atoms with E-state index in [2.05, 4.69) is 0 Å². The van der Waals surface area contributed by atoms with Gasteiger partial charge in [0.1, 0.15) is 12.0 Å². The fourth-order valence-electron chi connectivity index (χ4n) is 1.09. The third kappa shape index (κ3) is 3.20. The monoisotopic (exact) mass is 247 g/mol. The van der Waals surface area contributed by atoms with Crippen LogP contribution in [0.25, 0.3) is 0 Å². The number of aldehydes is 1. The van der Waals surface area contributed by atoms with E-state index >= 15 is 0 Å². The van der Waals surface area contributed by atoms with Crippen LogP contribution in [0.15, 0.2) is 18.2 Å². The van der Waals surface area contributed by atoms with E-state index in [1.807, 2.05) is 0 Å². The van der Waals surface area contributed by atoms with Crippen LogP contribution in [-0.4, -0.2) is 25.5 Å². The molecule has 0 heterocycles. The zero-order chi connectivity index (χ0) is 13.1. The number of carbonyl (C=O) groups excluding carboxylic acids is 2. The molecule has 0 saturated carbocycles. The van der Waals surface area contributed by atoms with Crippen molar-refractivity contribution in [1.82, 2.24) is 0 Å². The number of hydrogen-bond acceptors (Lipinski definition) is 3. The Morgan fingerprint density at radius 3 is 2.53 bits per heavy atom. The van der Waals surface area contributed by atoms with Gasteiger partial charge in [0.05, 0.1) is 12.8 Å². The van der Waals surface area contributed by atoms with Gasteiger partial charge in [0.25, 0.3) is 0 Å². The molecule has 0 saturated heterocycles. The molecule has 7 heteroatoms. The average molecular weight is 247 g/mol. The van der Waals surface area contributed by atoms with E-state index in [9.17, 15) is 22.8 Å². The molecule has 1 amide bonds. The summed E-state index contributed by atoms with van der Waals surface area (Å²) in [5, 5.41) is 1.63. The molecule has 4 nitrogen and oxygen atoms in total. The summed E-state index contributed by atoms with van der Waals surface area (Å²) >= 11 is 0. The first-order valence-electron chi connectivity index (χ1n) is 4.40. The van der Waals surface area contributed by atoms with Crippen molar-refractivity contribution in [1.29, 1.82) is 0 Å². The van der Waals surface area contributed by atoms with Gasteiger partial charge in [0.2, 0.25) is 0 Å². The van der Waals surface area contributed by atoms with E-state index in [0.29, 0.717) is 6.29 Å². The van der Waals surface area contributed by atoms with Crippen molar-refractivity contribution >= 4 is 17.9 Å². The van der Waals surface area contributed by atoms with Crippen LogP contribution < -0.4 is 10.1 Å². The molecule has 0 aromatic heterocycles. The largest absolute Gasteiger partial charge is 0.495 e. The Morgan fingerprint density at radius 1 is 1.41 bits per heavy atom. The maximum Gasteiger partial charge on any atom is 0.471 e. The van der Waals surface area contributed by atoms with Gasteiger partial charge >= 0.3 is 12.1 Å². The van der Waals surface area contributed by atoms with E-state index in [-0.39, 0.29) is 17.0 Å². The fourth-order valence-corrected chi connectivity index (χ4v) is 1.09. The topological polar surface area (TPSA) is 55.4 Å². The summed E-state index contributed by atoms with van der Waals surface area (Å²) in [6.07, 6.45) is -4.55. The zero-order valence-electron chi connectivity index (χ0n) is 8.67. The van der Waals surface area contributed by atoms with Crippen molar-refractivity contribution in [2.24, 2.45) is 0 Å². The molecule has 1 aromatic carbocycles. The second-order valence-electron chi connectivity index (χ2n) is 3.03. The molecule has 0 aliphatic carbocycles. The van der Waals surface area contributed by atoms with Gasteiger partial charge in [-0.05, 0) is 18.2 Å². The number of carbonyl (C=O) groups is 2. The number of alkyl halides is 3. The van der Waals surface area contributed by atoms with Gasteiger partial charge in [-0.3, -0.25) is 9.59 Å². The highest BCUT2D eigenvalue weighted by Crippen LogP contribution is 2.27. The number of anilines is 1. The zero-order valence-corrected chi connectivity index (χ0v) is 8.67. The molecular weight excluding hydrogens is 239 g/mol. The lowest BCUT2D eigenvalue weighted by atomic mass is 10.2. The minimum atomic E-state index is -5.00. The van der Waals surface area contributed by atoms with Crippen molar-refractivity contribution in [2.45, 2.75) is 6.18 Å². The van der Waals surface area contributed by atoms with E-state index in [0.717, 1.165) is 6.07 Å². The molecule has 0 atom stereocenters. The van der Waals surface area contributed by atoms with Crippen LogP contribution in [0.2, 0.25) is 0 Å². The second-order valence-corrected chi connectivity index (χ2v) is 3.03. The standard InChI is InChI=1S/C10H8F3NO3/c1-17-8-3-2-6(5-15)4-7(8)14-9(16)10(11,12)13/h2-5H,1H3,(H,14,16). The highest BCUT2D eigenvalue weighted by atomic mass is 19.4. The molecule has 0 spiro atoms. The highest BCUT2D eigenvalue weighted by Gasteiger charge is 2.39. The molecule has 0 aliphatic rings. The second kappa shape index (κ2) is 4.86. The molecular formula is C10H8F3NO3. The summed E-state index contributed by atoms with van der Waals surface area (Å²) in [5.74, 6) is -2.09. The minimum absolute atomic E-state index is 0.0354. The van der Waals surface area contributed by atoms with Crippen LogP contribution in [-0.2, 0) is 4.79 Å². The molecule has 0 radical (unpaired) electrons. The van der Waals surface area contributed by atoms with E-state index in [4.69, 9.17) is 4.74 Å². The maximum absolute atomic E-state index is 12.0. The Bertz CT molecular complexity index is 443. The molecule has 0 aliphatic heterocycles. The molecule has 0 fully saturated rings. The van der Waals surface area contributed by atoms with Crippen molar-refractivity contribution < 1.29 is 27.5 Å². The van der Waals surface area contributed by atoms with Crippen LogP contribution >= 0.6 is 0 Å². The first-order chi connectivity index (χ1) is 7.88. The number of nitrogens with one attached hydrogen (secondary N) is 1. The van der Waals surface area contributed by atoms with Crippen LogP contribution in [0.1, 0.15) is 10.4 Å². The van der Waals surface area contributed by atoms with Gasteiger partial charge in [0.15, 0.2) is 0 Å². The normalized spacial score (nSPS) is 10.8. The molecule has 1 aromatic rings. The Kier molecular flexibility index (Phi) is 3.72. The molecule has 92 valence electrons. The van der Waals surface area contributed by atoms with Crippen molar-refractivity contribution in [2.75, 3.05) is 12.4 Å². The van der Waals surface area contributed by atoms with Crippen LogP contribution in [0, 0.1) is 0 Å². The van der Waals surface area contributed by atoms with Crippen molar-refractivity contribution in [3.63, 3.8) is 0 Å². The van der Waals surface area contributed by atoms with Gasteiger partial charge in [-0.2, -0.15) is 13.2 Å². The van der Waals surface area contributed by atoms with Gasteiger partial charge in [-0.25, -0.2) is 0 Å². The molecule has 17 heavy (non-hydrogen) atoms. The predicted octanol–water partition coefficient (Wildman–Crippen LogP) is 2.01. The number of amides is 1. The van der Waals surface area contributed by atoms with Gasteiger partial charge in [-0.15, -0.1) is 0 Å². The number of rotatable bonds is 3.